The number of hydrogen-bond acceptors (Lipinski definition) is 5. The molecular formula is C23H23F2N5OS. The first kappa shape index (κ1) is 21.0. The van der Waals surface area contributed by atoms with Crippen LogP contribution in [0.1, 0.15) is 29.8 Å². The number of fused-ring (bicyclic) bond motifs is 3. The third-order valence-corrected chi connectivity index (χ3v) is 6.83. The maximum atomic E-state index is 14.1. The fourth-order valence-electron chi connectivity index (χ4n) is 4.04. The molecular weight excluding hydrogens is 432 g/mol. The van der Waals surface area contributed by atoms with Crippen molar-refractivity contribution >= 4 is 32.4 Å². The van der Waals surface area contributed by atoms with Gasteiger partial charge in [-0.3, -0.25) is 9.20 Å². The summed E-state index contributed by atoms with van der Waals surface area (Å²) in [7, 11) is 0. The van der Waals surface area contributed by atoms with Gasteiger partial charge in [0.2, 0.25) is 0 Å². The van der Waals surface area contributed by atoms with E-state index < -0.39 is 6.17 Å². The topological polar surface area (TPSA) is 62.5 Å². The number of aromatic nitrogens is 3. The Labute approximate surface area is 187 Å². The number of carbonyl (C=O) groups excluding carboxylic acids is 1. The molecule has 3 aromatic heterocycles. The maximum absolute atomic E-state index is 14.1. The summed E-state index contributed by atoms with van der Waals surface area (Å²) < 4.78 is 30.1. The van der Waals surface area contributed by atoms with E-state index in [4.69, 9.17) is 0 Å². The molecule has 0 unspecified atom stereocenters. The van der Waals surface area contributed by atoms with E-state index in [0.29, 0.717) is 36.3 Å². The lowest BCUT2D eigenvalue weighted by Crippen LogP contribution is -2.36. The molecule has 9 heteroatoms. The molecule has 32 heavy (non-hydrogen) atoms. The quantitative estimate of drug-likeness (QED) is 0.440. The highest BCUT2D eigenvalue weighted by atomic mass is 32.1. The number of pyridine rings is 1. The Morgan fingerprint density at radius 3 is 2.88 bits per heavy atom. The van der Waals surface area contributed by atoms with E-state index in [2.05, 4.69) is 20.2 Å². The highest BCUT2D eigenvalue weighted by molar-refractivity contribution is 7.23. The fraction of sp³-hybridized carbons (Fsp3) is 0.348. The van der Waals surface area contributed by atoms with Gasteiger partial charge in [0.05, 0.1) is 22.1 Å². The van der Waals surface area contributed by atoms with E-state index >= 15 is 0 Å². The molecule has 0 bridgehead atoms. The van der Waals surface area contributed by atoms with E-state index in [9.17, 15) is 13.6 Å². The summed E-state index contributed by atoms with van der Waals surface area (Å²) in [5.41, 5.74) is 2.20. The molecule has 0 radical (unpaired) electrons. The van der Waals surface area contributed by atoms with E-state index in [1.165, 1.54) is 17.4 Å². The first-order valence-electron chi connectivity index (χ1n) is 10.8. The maximum Gasteiger partial charge on any atom is 0.269 e. The molecule has 1 aromatic carbocycles. The van der Waals surface area contributed by atoms with Crippen LogP contribution in [0.25, 0.3) is 26.4 Å². The normalized spacial score (nSPS) is 15.6. The molecule has 0 spiro atoms. The van der Waals surface area contributed by atoms with Crippen molar-refractivity contribution in [2.75, 3.05) is 26.2 Å². The van der Waals surface area contributed by atoms with Crippen LogP contribution in [0.4, 0.5) is 8.78 Å². The van der Waals surface area contributed by atoms with Crippen LogP contribution in [0, 0.1) is 5.82 Å². The predicted molar refractivity (Wildman–Crippen MR) is 121 cm³/mol. The van der Waals surface area contributed by atoms with Gasteiger partial charge < -0.3 is 10.2 Å². The standard InChI is InChI=1S/C23H23F2N5OS/c24-15-6-10-29(11-7-15)9-3-8-26-22(31)18-12-21-20(13-27-18)30-14-19(28-23(30)32-21)16-4-1-2-5-17(16)25/h1-2,4-5,12-15H,3,6-11H2,(H,26,31). The van der Waals surface area contributed by atoms with Crippen molar-refractivity contribution in [1.29, 1.82) is 0 Å². The van der Waals surface area contributed by atoms with Gasteiger partial charge in [-0.05, 0) is 44.0 Å². The fourth-order valence-corrected chi connectivity index (χ4v) is 5.06. The van der Waals surface area contributed by atoms with E-state index in [1.54, 1.807) is 36.7 Å². The number of nitrogens with one attached hydrogen (secondary N) is 1. The number of thiazole rings is 1. The van der Waals surface area contributed by atoms with E-state index in [0.717, 1.165) is 41.2 Å². The van der Waals surface area contributed by atoms with Crippen LogP contribution in [-0.4, -0.2) is 57.5 Å². The van der Waals surface area contributed by atoms with Gasteiger partial charge in [0.1, 0.15) is 17.7 Å². The average Bonchev–Trinajstić information content (AvgIpc) is 3.35. The molecule has 5 rings (SSSR count). The summed E-state index contributed by atoms with van der Waals surface area (Å²) in [4.78, 5) is 24.3. The molecule has 4 aromatic rings. The molecule has 0 saturated carbocycles. The predicted octanol–water partition coefficient (Wildman–Crippen LogP) is 4.30. The molecule has 1 N–H and O–H groups in total. The molecule has 4 heterocycles. The third-order valence-electron chi connectivity index (χ3n) is 5.82. The van der Waals surface area contributed by atoms with Crippen molar-refractivity contribution in [2.45, 2.75) is 25.4 Å². The summed E-state index contributed by atoms with van der Waals surface area (Å²) in [5.74, 6) is -0.529. The third kappa shape index (κ3) is 4.22. The second kappa shape index (κ2) is 8.91. The van der Waals surface area contributed by atoms with Crippen molar-refractivity contribution in [2.24, 2.45) is 0 Å². The summed E-state index contributed by atoms with van der Waals surface area (Å²) in [6.45, 7) is 2.97. The van der Waals surface area contributed by atoms with E-state index in [-0.39, 0.29) is 11.7 Å². The van der Waals surface area contributed by atoms with Gasteiger partial charge in [-0.1, -0.05) is 23.5 Å². The first-order valence-corrected chi connectivity index (χ1v) is 11.6. The van der Waals surface area contributed by atoms with Crippen molar-refractivity contribution in [3.05, 3.63) is 54.2 Å². The second-order valence-corrected chi connectivity index (χ2v) is 9.03. The average molecular weight is 456 g/mol. The minimum absolute atomic E-state index is 0.215. The van der Waals surface area contributed by atoms with Crippen LogP contribution in [-0.2, 0) is 0 Å². The van der Waals surface area contributed by atoms with Crippen LogP contribution in [0.15, 0.2) is 42.7 Å². The monoisotopic (exact) mass is 455 g/mol. The molecule has 166 valence electrons. The molecule has 1 amide bonds. The minimum atomic E-state index is -0.668. The highest BCUT2D eigenvalue weighted by Gasteiger charge is 2.18. The van der Waals surface area contributed by atoms with Gasteiger partial charge in [0.25, 0.3) is 5.91 Å². The van der Waals surface area contributed by atoms with Crippen LogP contribution >= 0.6 is 11.3 Å². The van der Waals surface area contributed by atoms with E-state index in [1.807, 2.05) is 4.40 Å². The molecule has 1 saturated heterocycles. The number of nitrogens with zero attached hydrogens (tertiary/aromatic N) is 4. The van der Waals surface area contributed by atoms with Crippen LogP contribution in [0.2, 0.25) is 0 Å². The Balaban J connectivity index is 1.24. The zero-order valence-corrected chi connectivity index (χ0v) is 18.2. The van der Waals surface area contributed by atoms with Gasteiger partial charge in [-0.15, -0.1) is 0 Å². The lowest BCUT2D eigenvalue weighted by Gasteiger charge is -2.28. The summed E-state index contributed by atoms with van der Waals surface area (Å²) in [5, 5.41) is 2.91. The lowest BCUT2D eigenvalue weighted by molar-refractivity contribution is 0.0945. The number of likely N-dealkylation sites (tertiary alicyclic amines) is 1. The molecule has 1 aliphatic rings. The number of benzene rings is 1. The van der Waals surface area contributed by atoms with Gasteiger partial charge in [0.15, 0.2) is 4.96 Å². The Kier molecular flexibility index (Phi) is 5.84. The van der Waals surface area contributed by atoms with Crippen LogP contribution < -0.4 is 5.32 Å². The molecule has 0 aliphatic carbocycles. The van der Waals surface area contributed by atoms with Crippen molar-refractivity contribution in [3.63, 3.8) is 0 Å². The number of imidazole rings is 1. The highest BCUT2D eigenvalue weighted by Crippen LogP contribution is 2.30. The largest absolute Gasteiger partial charge is 0.351 e. The van der Waals surface area contributed by atoms with Gasteiger partial charge in [0, 0.05) is 31.4 Å². The number of rotatable bonds is 6. The number of piperidine rings is 1. The number of carbonyl (C=O) groups is 1. The smallest absolute Gasteiger partial charge is 0.269 e. The molecule has 0 atom stereocenters. The van der Waals surface area contributed by atoms with Gasteiger partial charge >= 0.3 is 0 Å². The number of amides is 1. The number of halogens is 2. The summed E-state index contributed by atoms with van der Waals surface area (Å²) in [6.07, 6.45) is 4.79. The molecule has 1 fully saturated rings. The summed E-state index contributed by atoms with van der Waals surface area (Å²) in [6, 6.07) is 8.31. The number of hydrogen-bond donors (Lipinski definition) is 1. The van der Waals surface area contributed by atoms with Crippen molar-refractivity contribution in [1.82, 2.24) is 24.6 Å². The number of alkyl halides is 1. The minimum Gasteiger partial charge on any atom is -0.351 e. The SMILES string of the molecule is O=C(NCCCN1CCC(F)CC1)c1cc2sc3nc(-c4ccccc4F)cn3c2cn1. The van der Waals surface area contributed by atoms with Crippen LogP contribution in [0.3, 0.4) is 0 Å². The van der Waals surface area contributed by atoms with Gasteiger partial charge in [-0.2, -0.15) is 0 Å². The molecule has 1 aliphatic heterocycles. The second-order valence-electron chi connectivity index (χ2n) is 8.02. The zero-order chi connectivity index (χ0) is 22.1. The Bertz CT molecular complexity index is 1260. The summed E-state index contributed by atoms with van der Waals surface area (Å²) >= 11 is 1.43. The zero-order valence-electron chi connectivity index (χ0n) is 17.4. The molecule has 6 nitrogen and oxygen atoms in total. The van der Waals surface area contributed by atoms with Gasteiger partial charge in [-0.25, -0.2) is 18.7 Å². The Hall–Kier alpha value is -2.91. The first-order chi connectivity index (χ1) is 15.6. The lowest BCUT2D eigenvalue weighted by atomic mass is 10.1. The Morgan fingerprint density at radius 2 is 2.06 bits per heavy atom. The Morgan fingerprint density at radius 1 is 1.25 bits per heavy atom. The van der Waals surface area contributed by atoms with Crippen LogP contribution in [0.5, 0.6) is 0 Å². The van der Waals surface area contributed by atoms with Crippen molar-refractivity contribution in [3.8, 4) is 11.3 Å². The van der Waals surface area contributed by atoms with Crippen molar-refractivity contribution < 1.29 is 13.6 Å².